The van der Waals surface area contributed by atoms with Crippen LogP contribution >= 0.6 is 0 Å². The summed E-state index contributed by atoms with van der Waals surface area (Å²) >= 11 is 0. The Bertz CT molecular complexity index is 2500. The third-order valence-corrected chi connectivity index (χ3v) is 9.49. The topological polar surface area (TPSA) is 0 Å². The molecule has 0 saturated carbocycles. The molecule has 0 fully saturated rings. The third kappa shape index (κ3) is 4.15. The summed E-state index contributed by atoms with van der Waals surface area (Å²) in [5, 5.41) is 10.2. The maximum absolute atomic E-state index is 2.33. The maximum atomic E-state index is 2.33. The van der Waals surface area contributed by atoms with Gasteiger partial charge >= 0.3 is 0 Å². The van der Waals surface area contributed by atoms with E-state index in [1.807, 2.05) is 0 Å². The molecular formula is C46H30. The van der Waals surface area contributed by atoms with E-state index in [2.05, 4.69) is 182 Å². The molecule has 0 N–H and O–H groups in total. The van der Waals surface area contributed by atoms with Gasteiger partial charge in [-0.15, -0.1) is 0 Å². The number of rotatable bonds is 4. The fourth-order valence-electron chi connectivity index (χ4n) is 7.49. The van der Waals surface area contributed by atoms with Crippen molar-refractivity contribution < 1.29 is 0 Å². The average molecular weight is 583 g/mol. The molecule has 0 unspecified atom stereocenters. The van der Waals surface area contributed by atoms with Gasteiger partial charge in [-0.25, -0.2) is 0 Å². The summed E-state index contributed by atoms with van der Waals surface area (Å²) in [7, 11) is 0. The van der Waals surface area contributed by atoms with E-state index in [0.717, 1.165) is 0 Å². The van der Waals surface area contributed by atoms with Gasteiger partial charge in [0, 0.05) is 0 Å². The highest BCUT2D eigenvalue weighted by Crippen LogP contribution is 2.47. The predicted molar refractivity (Wildman–Crippen MR) is 198 cm³/mol. The zero-order valence-corrected chi connectivity index (χ0v) is 25.3. The van der Waals surface area contributed by atoms with Gasteiger partial charge in [-0.2, -0.15) is 0 Å². The van der Waals surface area contributed by atoms with E-state index in [9.17, 15) is 0 Å². The number of benzene rings is 9. The first-order chi connectivity index (χ1) is 22.9. The van der Waals surface area contributed by atoms with E-state index in [1.54, 1.807) is 0 Å². The summed E-state index contributed by atoms with van der Waals surface area (Å²) in [5.41, 5.74) is 10.1. The lowest BCUT2D eigenvalue weighted by molar-refractivity contribution is 1.61. The lowest BCUT2D eigenvalue weighted by atomic mass is 9.82. The van der Waals surface area contributed by atoms with Crippen molar-refractivity contribution in [2.24, 2.45) is 0 Å². The molecule has 0 atom stereocenters. The highest BCUT2D eigenvalue weighted by Gasteiger charge is 2.20. The molecular weight excluding hydrogens is 553 g/mol. The molecule has 0 heterocycles. The summed E-state index contributed by atoms with van der Waals surface area (Å²) in [5.74, 6) is 0. The van der Waals surface area contributed by atoms with Crippen LogP contribution in [0.5, 0.6) is 0 Å². The summed E-state index contributed by atoms with van der Waals surface area (Å²) in [6.07, 6.45) is 0. The van der Waals surface area contributed by atoms with E-state index in [-0.39, 0.29) is 0 Å². The van der Waals surface area contributed by atoms with Crippen LogP contribution in [-0.4, -0.2) is 0 Å². The highest BCUT2D eigenvalue weighted by atomic mass is 14.2. The van der Waals surface area contributed by atoms with Crippen LogP contribution in [-0.2, 0) is 0 Å². The summed E-state index contributed by atoms with van der Waals surface area (Å²) in [6.45, 7) is 0. The van der Waals surface area contributed by atoms with Crippen LogP contribution in [0.2, 0.25) is 0 Å². The molecule has 9 rings (SSSR count). The fourth-order valence-corrected chi connectivity index (χ4v) is 7.49. The standard InChI is InChI=1S/C46H30/c1-3-15-31(16-4-1)33-25-13-26-35-36-27-14-28-40(38(36)30-29-37(33)35)46-43-23-11-9-21-41(43)45(42-22-10-12-24-44(42)46)39-20-8-7-19-34(39)32-17-5-2-6-18-32/h1-30H. The van der Waals surface area contributed by atoms with Gasteiger partial charge in [0.15, 0.2) is 0 Å². The molecule has 46 heavy (non-hydrogen) atoms. The van der Waals surface area contributed by atoms with Crippen molar-refractivity contribution in [3.63, 3.8) is 0 Å². The number of fused-ring (bicyclic) bond motifs is 5. The third-order valence-electron chi connectivity index (χ3n) is 9.49. The van der Waals surface area contributed by atoms with Crippen molar-refractivity contribution in [2.45, 2.75) is 0 Å². The first kappa shape index (κ1) is 26.4. The molecule has 9 aromatic rings. The van der Waals surface area contributed by atoms with Crippen LogP contribution in [0.4, 0.5) is 0 Å². The van der Waals surface area contributed by atoms with Crippen LogP contribution in [0.1, 0.15) is 0 Å². The zero-order valence-electron chi connectivity index (χ0n) is 25.3. The molecule has 0 heteroatoms. The van der Waals surface area contributed by atoms with Gasteiger partial charge in [-0.05, 0) is 87.6 Å². The lowest BCUT2D eigenvalue weighted by Crippen LogP contribution is -1.93. The maximum Gasteiger partial charge on any atom is -0.00201 e. The minimum Gasteiger partial charge on any atom is -0.0622 e. The van der Waals surface area contributed by atoms with Crippen molar-refractivity contribution in [1.29, 1.82) is 0 Å². The lowest BCUT2D eigenvalue weighted by Gasteiger charge is -2.20. The van der Waals surface area contributed by atoms with Crippen LogP contribution in [0.3, 0.4) is 0 Å². The molecule has 9 aromatic carbocycles. The summed E-state index contributed by atoms with van der Waals surface area (Å²) in [4.78, 5) is 0. The first-order valence-electron chi connectivity index (χ1n) is 16.0. The molecule has 0 saturated heterocycles. The van der Waals surface area contributed by atoms with Gasteiger partial charge in [0.25, 0.3) is 0 Å². The zero-order chi connectivity index (χ0) is 30.5. The Morgan fingerprint density at radius 2 is 0.522 bits per heavy atom. The second-order valence-electron chi connectivity index (χ2n) is 12.0. The monoisotopic (exact) mass is 582 g/mol. The molecule has 0 aliphatic heterocycles. The summed E-state index contributed by atoms with van der Waals surface area (Å²) < 4.78 is 0. The van der Waals surface area contributed by atoms with Gasteiger partial charge in [-0.3, -0.25) is 0 Å². The van der Waals surface area contributed by atoms with Gasteiger partial charge in [-0.1, -0.05) is 182 Å². The Balaban J connectivity index is 1.36. The van der Waals surface area contributed by atoms with E-state index < -0.39 is 0 Å². The molecule has 0 amide bonds. The van der Waals surface area contributed by atoms with E-state index in [1.165, 1.54) is 87.6 Å². The van der Waals surface area contributed by atoms with E-state index >= 15 is 0 Å². The van der Waals surface area contributed by atoms with Crippen LogP contribution < -0.4 is 0 Å². The Kier molecular flexibility index (Phi) is 6.25. The van der Waals surface area contributed by atoms with Crippen LogP contribution in [0.15, 0.2) is 182 Å². The van der Waals surface area contributed by atoms with Crippen molar-refractivity contribution in [3.05, 3.63) is 182 Å². The van der Waals surface area contributed by atoms with Crippen LogP contribution in [0, 0.1) is 0 Å². The van der Waals surface area contributed by atoms with Gasteiger partial charge < -0.3 is 0 Å². The van der Waals surface area contributed by atoms with Gasteiger partial charge in [0.1, 0.15) is 0 Å². The molecule has 0 radical (unpaired) electrons. The molecule has 0 aliphatic rings. The molecule has 214 valence electrons. The number of hydrogen-bond acceptors (Lipinski definition) is 0. The van der Waals surface area contributed by atoms with Crippen molar-refractivity contribution in [3.8, 4) is 44.5 Å². The average Bonchev–Trinajstić information content (AvgIpc) is 3.14. The van der Waals surface area contributed by atoms with Crippen LogP contribution in [0.25, 0.3) is 87.6 Å². The van der Waals surface area contributed by atoms with Gasteiger partial charge in [0.05, 0.1) is 0 Å². The molecule has 0 nitrogen and oxygen atoms in total. The van der Waals surface area contributed by atoms with E-state index in [0.29, 0.717) is 0 Å². The van der Waals surface area contributed by atoms with E-state index in [4.69, 9.17) is 0 Å². The Morgan fingerprint density at radius 1 is 0.174 bits per heavy atom. The van der Waals surface area contributed by atoms with Gasteiger partial charge in [0.2, 0.25) is 0 Å². The Labute approximate surface area is 268 Å². The molecule has 0 bridgehead atoms. The Morgan fingerprint density at radius 3 is 1.07 bits per heavy atom. The SMILES string of the molecule is c1ccc(-c2ccccc2-c2c3ccccc3c(-c3cccc4c3ccc3c(-c5ccccc5)cccc34)c3ccccc23)cc1. The smallest absolute Gasteiger partial charge is 0.00201 e. The molecule has 0 aliphatic carbocycles. The molecule has 0 aromatic heterocycles. The highest BCUT2D eigenvalue weighted by molar-refractivity contribution is 6.25. The Hall–Kier alpha value is -5.98. The predicted octanol–water partition coefficient (Wildman–Crippen LogP) is 13.0. The quantitative estimate of drug-likeness (QED) is 0.143. The largest absolute Gasteiger partial charge is 0.0622 e. The summed E-state index contributed by atoms with van der Waals surface area (Å²) in [6, 6.07) is 66.4. The normalized spacial score (nSPS) is 11.5. The van der Waals surface area contributed by atoms with Crippen molar-refractivity contribution in [1.82, 2.24) is 0 Å². The minimum atomic E-state index is 1.23. The minimum absolute atomic E-state index is 1.23. The fraction of sp³-hybridized carbons (Fsp3) is 0. The number of hydrogen-bond donors (Lipinski definition) is 0. The van der Waals surface area contributed by atoms with Crippen molar-refractivity contribution >= 4 is 43.1 Å². The second kappa shape index (κ2) is 10.9. The molecule has 0 spiro atoms. The first-order valence-corrected chi connectivity index (χ1v) is 16.0. The second-order valence-corrected chi connectivity index (χ2v) is 12.0. The van der Waals surface area contributed by atoms with Crippen molar-refractivity contribution in [2.75, 3.05) is 0 Å².